The van der Waals surface area contributed by atoms with Gasteiger partial charge in [-0.15, -0.1) is 0 Å². The maximum atomic E-state index is 13.5. The van der Waals surface area contributed by atoms with Gasteiger partial charge in [-0.25, -0.2) is 0 Å². The summed E-state index contributed by atoms with van der Waals surface area (Å²) in [5, 5.41) is 19.1. The molecule has 2 heterocycles. The molecule has 0 saturated carbocycles. The van der Waals surface area contributed by atoms with Crippen LogP contribution in [0.5, 0.6) is 0 Å². The van der Waals surface area contributed by atoms with E-state index in [1.807, 2.05) is 0 Å². The summed E-state index contributed by atoms with van der Waals surface area (Å²) in [5.41, 5.74) is 0.177. The molecule has 40 heavy (non-hydrogen) atoms. The quantitative estimate of drug-likeness (QED) is 0.180. The van der Waals surface area contributed by atoms with Crippen molar-refractivity contribution in [2.24, 2.45) is 0 Å². The molecule has 2 aromatic heterocycles. The standard InChI is InChI=1S/C26H18Cl2N2O8S2/c27-17-7-1-5-15(25(35)29(13-21(31)32)19-9-3-11-37-19)23(17)39-40-24-16(6-2-8-18(24)28)26(36)30(14-22(33)34)20-10-4-12-38-20/h1-12H,13-14H2,(H,31,32)(H,33,34). The van der Waals surface area contributed by atoms with Gasteiger partial charge in [0.2, 0.25) is 11.8 Å². The number of hydrogen-bond donors (Lipinski definition) is 2. The Morgan fingerprint density at radius 2 is 1.05 bits per heavy atom. The lowest BCUT2D eigenvalue weighted by atomic mass is 10.2. The average Bonchev–Trinajstić information content (AvgIpc) is 3.64. The lowest BCUT2D eigenvalue weighted by molar-refractivity contribution is -0.136. The van der Waals surface area contributed by atoms with Crippen molar-refractivity contribution in [2.75, 3.05) is 22.9 Å². The molecule has 14 heteroatoms. The van der Waals surface area contributed by atoms with Gasteiger partial charge in [-0.1, -0.05) is 56.9 Å². The fourth-order valence-electron chi connectivity index (χ4n) is 3.52. The van der Waals surface area contributed by atoms with E-state index in [0.717, 1.165) is 31.4 Å². The predicted octanol–water partition coefficient (Wildman–Crippen LogP) is 6.44. The highest BCUT2D eigenvalue weighted by Crippen LogP contribution is 2.46. The molecule has 0 atom stereocenters. The van der Waals surface area contributed by atoms with Gasteiger partial charge in [0.1, 0.15) is 13.1 Å². The highest BCUT2D eigenvalue weighted by molar-refractivity contribution is 8.76. The third-order valence-electron chi connectivity index (χ3n) is 5.22. The summed E-state index contributed by atoms with van der Waals surface area (Å²) < 4.78 is 10.5. The van der Waals surface area contributed by atoms with Crippen LogP contribution in [0.3, 0.4) is 0 Å². The summed E-state index contributed by atoms with van der Waals surface area (Å²) in [7, 11) is 2.04. The molecule has 0 aliphatic rings. The van der Waals surface area contributed by atoms with Gasteiger partial charge in [0.05, 0.1) is 43.5 Å². The van der Waals surface area contributed by atoms with Crippen molar-refractivity contribution in [3.05, 3.63) is 94.4 Å². The highest BCUT2D eigenvalue weighted by Gasteiger charge is 2.28. The van der Waals surface area contributed by atoms with Gasteiger partial charge in [-0.05, 0) is 36.4 Å². The van der Waals surface area contributed by atoms with Gasteiger partial charge in [-0.3, -0.25) is 29.0 Å². The number of furan rings is 2. The van der Waals surface area contributed by atoms with Gasteiger partial charge >= 0.3 is 11.9 Å². The number of amides is 2. The van der Waals surface area contributed by atoms with Crippen LogP contribution in [-0.4, -0.2) is 47.1 Å². The van der Waals surface area contributed by atoms with E-state index in [4.69, 9.17) is 32.0 Å². The maximum absolute atomic E-state index is 13.5. The third-order valence-corrected chi connectivity index (χ3v) is 8.62. The minimum Gasteiger partial charge on any atom is -0.480 e. The number of carboxylic acids is 2. The summed E-state index contributed by atoms with van der Waals surface area (Å²) in [5.74, 6) is -3.79. The van der Waals surface area contributed by atoms with Crippen LogP contribution in [0.4, 0.5) is 11.8 Å². The zero-order valence-corrected chi connectivity index (χ0v) is 23.3. The number of aliphatic carboxylic acids is 2. The van der Waals surface area contributed by atoms with Crippen LogP contribution in [0.25, 0.3) is 0 Å². The summed E-state index contributed by atoms with van der Waals surface area (Å²) in [6.45, 7) is -1.32. The number of benzene rings is 2. The molecule has 2 amide bonds. The first-order valence-electron chi connectivity index (χ1n) is 11.2. The Morgan fingerprint density at radius 1 is 0.650 bits per heavy atom. The van der Waals surface area contributed by atoms with Gasteiger partial charge in [0, 0.05) is 12.1 Å². The molecule has 0 fully saturated rings. The Labute approximate surface area is 244 Å². The van der Waals surface area contributed by atoms with E-state index in [2.05, 4.69) is 0 Å². The molecular formula is C26H18Cl2N2O8S2. The molecular weight excluding hydrogens is 603 g/mol. The third kappa shape index (κ3) is 6.65. The van der Waals surface area contributed by atoms with E-state index in [1.54, 1.807) is 24.3 Å². The summed E-state index contributed by atoms with van der Waals surface area (Å²) in [6, 6.07) is 15.1. The second-order valence-corrected chi connectivity index (χ2v) is 10.8. The maximum Gasteiger partial charge on any atom is 0.323 e. The van der Waals surface area contributed by atoms with Crippen molar-refractivity contribution in [1.82, 2.24) is 0 Å². The number of carbonyl (C=O) groups excluding carboxylic acids is 2. The Hall–Kier alpha value is -3.84. The van der Waals surface area contributed by atoms with E-state index in [-0.39, 0.29) is 42.7 Å². The second kappa shape index (κ2) is 13.0. The number of nitrogens with zero attached hydrogens (tertiary/aromatic N) is 2. The summed E-state index contributed by atoms with van der Waals surface area (Å²) in [6.07, 6.45) is 2.63. The van der Waals surface area contributed by atoms with Crippen LogP contribution in [0.2, 0.25) is 10.0 Å². The minimum absolute atomic E-state index is 0.0337. The van der Waals surface area contributed by atoms with E-state index < -0.39 is 36.8 Å². The van der Waals surface area contributed by atoms with Crippen molar-refractivity contribution < 1.29 is 38.2 Å². The van der Waals surface area contributed by atoms with Crippen molar-refractivity contribution in [3.63, 3.8) is 0 Å². The molecule has 0 bridgehead atoms. The van der Waals surface area contributed by atoms with E-state index in [0.29, 0.717) is 0 Å². The van der Waals surface area contributed by atoms with Crippen molar-refractivity contribution in [3.8, 4) is 0 Å². The molecule has 0 saturated heterocycles. The molecule has 0 aliphatic carbocycles. The largest absolute Gasteiger partial charge is 0.480 e. The van der Waals surface area contributed by atoms with Crippen LogP contribution in [0, 0.1) is 0 Å². The smallest absolute Gasteiger partial charge is 0.323 e. The molecule has 0 unspecified atom stereocenters. The number of rotatable bonds is 11. The van der Waals surface area contributed by atoms with Gasteiger partial charge in [-0.2, -0.15) is 0 Å². The van der Waals surface area contributed by atoms with Gasteiger partial charge in [0.15, 0.2) is 0 Å². The van der Waals surface area contributed by atoms with Crippen molar-refractivity contribution in [2.45, 2.75) is 9.79 Å². The summed E-state index contributed by atoms with van der Waals surface area (Å²) >= 11 is 12.9. The van der Waals surface area contributed by atoms with Crippen molar-refractivity contribution >= 4 is 80.3 Å². The van der Waals surface area contributed by atoms with E-state index >= 15 is 0 Å². The van der Waals surface area contributed by atoms with Crippen LogP contribution < -0.4 is 9.80 Å². The molecule has 2 aromatic carbocycles. The Morgan fingerprint density at radius 3 is 1.38 bits per heavy atom. The fraction of sp³-hybridized carbons (Fsp3) is 0.0769. The monoisotopic (exact) mass is 620 g/mol. The molecule has 0 spiro atoms. The predicted molar refractivity (Wildman–Crippen MR) is 151 cm³/mol. The average molecular weight is 621 g/mol. The zero-order chi connectivity index (χ0) is 28.8. The van der Waals surface area contributed by atoms with Crippen molar-refractivity contribution in [1.29, 1.82) is 0 Å². The lowest BCUT2D eigenvalue weighted by Crippen LogP contribution is -2.35. The molecule has 0 radical (unpaired) electrons. The zero-order valence-electron chi connectivity index (χ0n) is 20.2. The Balaban J connectivity index is 1.67. The van der Waals surface area contributed by atoms with Crippen LogP contribution in [-0.2, 0) is 9.59 Å². The first-order valence-corrected chi connectivity index (χ1v) is 14.1. The number of carbonyl (C=O) groups is 4. The molecule has 206 valence electrons. The lowest BCUT2D eigenvalue weighted by Gasteiger charge is -2.21. The summed E-state index contributed by atoms with van der Waals surface area (Å²) in [4.78, 5) is 52.5. The van der Waals surface area contributed by atoms with E-state index in [9.17, 15) is 29.4 Å². The van der Waals surface area contributed by atoms with E-state index in [1.165, 1.54) is 48.9 Å². The number of halogens is 2. The van der Waals surface area contributed by atoms with Crippen LogP contribution in [0.15, 0.2) is 91.8 Å². The second-order valence-electron chi connectivity index (χ2n) is 7.87. The molecule has 2 N–H and O–H groups in total. The van der Waals surface area contributed by atoms with Gasteiger partial charge < -0.3 is 19.0 Å². The topological polar surface area (TPSA) is 142 Å². The molecule has 0 aliphatic heterocycles. The van der Waals surface area contributed by atoms with Crippen LogP contribution in [0.1, 0.15) is 20.7 Å². The molecule has 4 aromatic rings. The Bertz CT molecular complexity index is 1430. The van der Waals surface area contributed by atoms with Crippen LogP contribution >= 0.6 is 44.8 Å². The normalized spacial score (nSPS) is 10.8. The first-order chi connectivity index (χ1) is 19.2. The number of anilines is 2. The first kappa shape index (κ1) is 29.2. The highest BCUT2D eigenvalue weighted by atomic mass is 35.5. The fourth-order valence-corrected chi connectivity index (χ4v) is 6.90. The van der Waals surface area contributed by atoms with Gasteiger partial charge in [0.25, 0.3) is 11.8 Å². The number of carboxylic acid groups (broad SMARTS) is 2. The molecule has 4 rings (SSSR count). The number of hydrogen-bond acceptors (Lipinski definition) is 8. The Kier molecular flexibility index (Phi) is 9.48. The molecule has 10 nitrogen and oxygen atoms in total. The SMILES string of the molecule is O=C(O)CN(C(=O)c1cccc(Cl)c1SSc1c(Cl)cccc1C(=O)N(CC(=O)O)c1ccco1)c1ccco1. The minimum atomic E-state index is -1.25.